The minimum Gasteiger partial charge on any atom is -0.392 e. The van der Waals surface area contributed by atoms with E-state index >= 15 is 0 Å². The largest absolute Gasteiger partial charge is 0.500 e. The van der Waals surface area contributed by atoms with E-state index in [2.05, 4.69) is 249 Å². The number of benzene rings is 3. The molecule has 0 aliphatic carbocycles. The maximum absolute atomic E-state index is 8.59. The molecule has 81 heavy (non-hydrogen) atoms. The number of aliphatic hydroxyl groups excluding tert-OH is 1. The predicted molar refractivity (Wildman–Crippen MR) is 416 cm³/mol. The summed E-state index contributed by atoms with van der Waals surface area (Å²) in [7, 11) is 2.58. The van der Waals surface area contributed by atoms with Gasteiger partial charge in [0.25, 0.3) is 0 Å². The third-order valence-corrected chi connectivity index (χ3v) is 25.4. The molecule has 1 saturated heterocycles. The molecule has 7 nitrogen and oxygen atoms in total. The van der Waals surface area contributed by atoms with Crippen LogP contribution in [0, 0.1) is 30.3 Å². The number of aromatic amines is 2. The average molecular weight is 1450 g/mol. The smallest absolute Gasteiger partial charge is 0.392 e. The van der Waals surface area contributed by atoms with Crippen molar-refractivity contribution in [3.8, 4) is 0 Å². The van der Waals surface area contributed by atoms with Gasteiger partial charge in [0.15, 0.2) is 4.77 Å². The number of H-pyrrole nitrogens is 2. The molecule has 4 aromatic rings. The normalized spacial score (nSPS) is 14.2. The predicted octanol–water partition coefficient (Wildman–Crippen LogP) is 18.7. The number of aryl methyl sites for hydroxylation is 3. The number of aliphatic hydroxyl groups is 1. The maximum atomic E-state index is 8.59. The zero-order chi connectivity index (χ0) is 62.3. The molecule has 1 aliphatic heterocycles. The van der Waals surface area contributed by atoms with Crippen molar-refractivity contribution in [2.24, 2.45) is 0 Å². The molecule has 0 bridgehead atoms. The van der Waals surface area contributed by atoms with Crippen molar-refractivity contribution in [3.05, 3.63) is 99.3 Å². The summed E-state index contributed by atoms with van der Waals surface area (Å²) in [5.74, 6) is 13.4. The van der Waals surface area contributed by atoms with Gasteiger partial charge in [-0.3, -0.25) is 0 Å². The van der Waals surface area contributed by atoms with Crippen molar-refractivity contribution >= 4 is 218 Å². The number of hydrogen-bond acceptors (Lipinski definition) is 22. The summed E-state index contributed by atoms with van der Waals surface area (Å²) in [6.07, 6.45) is 6.48. The molecule has 0 spiro atoms. The first-order valence-corrected chi connectivity index (χ1v) is 40.6. The highest BCUT2D eigenvalue weighted by molar-refractivity contribution is 8.07. The van der Waals surface area contributed by atoms with E-state index in [4.69, 9.17) is 42.8 Å². The number of rotatable bonds is 23. The summed E-state index contributed by atoms with van der Waals surface area (Å²) in [6.45, 7) is 16.6. The highest BCUT2D eigenvalue weighted by Crippen LogP contribution is 2.32. The van der Waals surface area contributed by atoms with Gasteiger partial charge in [0.05, 0.1) is 6.10 Å². The Morgan fingerprint density at radius 3 is 1.60 bits per heavy atom. The Kier molecular flexibility index (Phi) is 70.9. The van der Waals surface area contributed by atoms with Crippen LogP contribution in [0.25, 0.3) is 0 Å². The second-order valence-electron chi connectivity index (χ2n) is 17.1. The molecule has 0 saturated carbocycles. The number of hydrogen-bond donors (Lipinski definition) is 13. The molecule has 5 unspecified atom stereocenters. The number of thiol groups is 10. The molecular formula is C56H101N3O4S17Si. The zero-order valence-corrected chi connectivity index (χ0v) is 65.4. The molecule has 2 heterocycles. The van der Waals surface area contributed by atoms with E-state index in [0.29, 0.717) is 20.5 Å². The fourth-order valence-electron chi connectivity index (χ4n) is 5.15. The van der Waals surface area contributed by atoms with Crippen LogP contribution in [0.5, 0.6) is 0 Å². The van der Waals surface area contributed by atoms with E-state index < -0.39 is 8.80 Å². The van der Waals surface area contributed by atoms with Crippen LogP contribution in [-0.4, -0.2) is 146 Å². The number of thioether (sulfide) groups is 4. The van der Waals surface area contributed by atoms with Gasteiger partial charge in [-0.1, -0.05) is 81.8 Å². The molecule has 3 aromatic carbocycles. The van der Waals surface area contributed by atoms with Gasteiger partial charge in [-0.15, -0.1) is 25.3 Å². The monoisotopic (exact) mass is 1450 g/mol. The van der Waals surface area contributed by atoms with Crippen LogP contribution < -0.4 is 0 Å². The van der Waals surface area contributed by atoms with Gasteiger partial charge in [-0.25, -0.2) is 4.98 Å². The summed E-state index contributed by atoms with van der Waals surface area (Å²) in [5, 5.41) is 11.5. The second-order valence-corrected chi connectivity index (χ2v) is 32.0. The Morgan fingerprint density at radius 2 is 1.26 bits per heavy atom. The van der Waals surface area contributed by atoms with Crippen molar-refractivity contribution in [2.45, 2.75) is 147 Å². The Bertz CT molecular complexity index is 1950. The lowest BCUT2D eigenvalue weighted by Crippen LogP contribution is -2.42. The number of aromatic nitrogens is 3. The fraction of sp³-hybridized carbons (Fsp3) is 0.625. The van der Waals surface area contributed by atoms with Crippen molar-refractivity contribution in [3.63, 3.8) is 0 Å². The summed E-state index contributed by atoms with van der Waals surface area (Å²) < 4.78 is 16.5. The van der Waals surface area contributed by atoms with Crippen molar-refractivity contribution < 1.29 is 18.4 Å². The highest BCUT2D eigenvalue weighted by Gasteiger charge is 2.36. The van der Waals surface area contributed by atoms with Crippen LogP contribution in [0.2, 0.25) is 6.04 Å². The minimum absolute atomic E-state index is 0.201. The van der Waals surface area contributed by atoms with Gasteiger partial charge in [-0.05, 0) is 155 Å². The summed E-state index contributed by atoms with van der Waals surface area (Å²) in [6, 6.07) is 25.7. The third kappa shape index (κ3) is 57.3. The van der Waals surface area contributed by atoms with Crippen LogP contribution in [-0.2, 0) is 13.3 Å². The topological polar surface area (TPSA) is 92.4 Å². The Hall–Kier alpha value is 2.42. The van der Waals surface area contributed by atoms with Crippen molar-refractivity contribution in [1.29, 1.82) is 0 Å². The Morgan fingerprint density at radius 1 is 0.691 bits per heavy atom. The van der Waals surface area contributed by atoms with Crippen LogP contribution in [0.15, 0.2) is 92.4 Å². The molecule has 1 aliphatic rings. The van der Waals surface area contributed by atoms with Crippen LogP contribution in [0.3, 0.4) is 0 Å². The zero-order valence-electron chi connectivity index (χ0n) is 49.7. The van der Waals surface area contributed by atoms with Gasteiger partial charge in [0, 0.05) is 114 Å². The van der Waals surface area contributed by atoms with Crippen molar-refractivity contribution in [2.75, 3.05) is 90.4 Å². The third-order valence-electron chi connectivity index (χ3n) is 10.0. The Balaban J connectivity index is -0.000000421. The molecule has 470 valence electrons. The molecule has 1 aromatic heterocycles. The summed E-state index contributed by atoms with van der Waals surface area (Å²) >= 11 is 60.8. The summed E-state index contributed by atoms with van der Waals surface area (Å²) in [4.78, 5) is 13.9. The van der Waals surface area contributed by atoms with E-state index in [1.807, 2.05) is 60.8 Å². The highest BCUT2D eigenvalue weighted by atomic mass is 32.2. The molecule has 1 fully saturated rings. The molecule has 0 amide bonds. The molecule has 5 atom stereocenters. The summed E-state index contributed by atoms with van der Waals surface area (Å²) in [5.41, 5.74) is 2.56. The first-order chi connectivity index (χ1) is 38.7. The van der Waals surface area contributed by atoms with Gasteiger partial charge in [-0.2, -0.15) is 148 Å². The van der Waals surface area contributed by atoms with Crippen LogP contribution in [0.4, 0.5) is 0 Å². The first kappa shape index (κ1) is 89.8. The molecule has 5 rings (SSSR count). The quantitative estimate of drug-likeness (QED) is 0.0151. The molecular weight excluding hydrogens is 1350 g/mol. The Labute approximate surface area is 581 Å². The van der Waals surface area contributed by atoms with Gasteiger partial charge in [0.2, 0.25) is 4.77 Å². The van der Waals surface area contributed by atoms with E-state index in [1.165, 1.54) is 63.2 Å². The van der Waals surface area contributed by atoms with E-state index in [0.717, 1.165) is 96.9 Å². The average Bonchev–Trinajstić information content (AvgIpc) is 3.48. The number of nitrogens with one attached hydrogen (secondary N) is 2. The van der Waals surface area contributed by atoms with E-state index in [-0.39, 0.29) is 6.10 Å². The van der Waals surface area contributed by atoms with Crippen LogP contribution >= 0.6 is 210 Å². The SMILES string of the molecule is CCC(O)CS.CCC(S)CS.CCC1CSC(CS)CS1.CCCS.CCCSCC(CS)SCCS.CO[Si](CCCS)(OC)OC.Cc1ccc(Sc2ccc(S)cc2)cc1.Cc1cccc(S)c1.Cc1nc(=S)[nH]c(=S)[nH]1. The van der Waals surface area contributed by atoms with Crippen LogP contribution in [0.1, 0.15) is 90.1 Å². The van der Waals surface area contributed by atoms with Crippen molar-refractivity contribution in [1.82, 2.24) is 15.0 Å². The lowest BCUT2D eigenvalue weighted by atomic mass is 10.2. The first-order valence-electron chi connectivity index (χ1n) is 26.9. The number of nitrogens with zero attached hydrogens (tertiary/aromatic N) is 1. The molecule has 3 N–H and O–H groups in total. The molecule has 0 radical (unpaired) electrons. The molecule has 25 heteroatoms. The van der Waals surface area contributed by atoms with E-state index in [1.54, 1.807) is 40.0 Å². The standard InChI is InChI=1S/C13H12S2.C8H18S4.C7H14S3.C7H8S.C6H16O3SSi.C4H5N3S2.C4H10OS.C4H10S2.C3H8S/c1-10-2-6-12(7-3-10)15-13-8-4-11(14)5-9-13;1-2-4-11-7-8(6-10)12-5-3-9;1-2-6-4-10-7(3-8)5-9-6;1-6-3-2-4-7(8)5-6;1-7-11(8-2,9-3)6-4-5-10;1-2-5-3(8)7-4(9)6-2;1-2-4(5)3-6;1-2-4(6)3-5;1-2-3-4/h2-9,14H,1H3;8-10H,2-7H2,1H3;6-8H,2-5H2,1H3;2-5,8H,1H3;10H,4-6H2,1-3H3;1H3,(H2,5,6,7,8,9);2*4-6H,2-3H2,1H3;4H,2-3H2,1H3. The van der Waals surface area contributed by atoms with Gasteiger partial charge >= 0.3 is 8.80 Å². The van der Waals surface area contributed by atoms with Gasteiger partial charge in [0.1, 0.15) is 5.82 Å². The van der Waals surface area contributed by atoms with Gasteiger partial charge < -0.3 is 28.4 Å². The second kappa shape index (κ2) is 64.0. The van der Waals surface area contributed by atoms with E-state index in [9.17, 15) is 0 Å². The lowest BCUT2D eigenvalue weighted by molar-refractivity contribution is 0.123. The maximum Gasteiger partial charge on any atom is 0.500 e. The minimum atomic E-state index is -2.29. The lowest BCUT2D eigenvalue weighted by Gasteiger charge is -2.25. The fourth-order valence-corrected chi connectivity index (χ4v) is 16.2.